The summed E-state index contributed by atoms with van der Waals surface area (Å²) in [4.78, 5) is 13.5. The number of rotatable bonds is 4. The minimum absolute atomic E-state index is 0.0492. The summed E-state index contributed by atoms with van der Waals surface area (Å²) in [5.41, 5.74) is 2.12. The van der Waals surface area contributed by atoms with Gasteiger partial charge in [-0.3, -0.25) is 4.79 Å². The van der Waals surface area contributed by atoms with E-state index in [1.54, 1.807) is 13.2 Å². The number of H-pyrrole nitrogens is 1. The van der Waals surface area contributed by atoms with Crippen LogP contribution in [0.5, 0.6) is 0 Å². The number of carbonyl (C=O) groups is 1. The number of aliphatic hydroxyl groups excluding tert-OH is 1. The number of hydrogen-bond donors (Lipinski definition) is 3. The molecule has 0 aromatic carbocycles. The Morgan fingerprint density at radius 1 is 1.64 bits per heavy atom. The van der Waals surface area contributed by atoms with E-state index in [9.17, 15) is 9.90 Å². The number of nitrogens with one attached hydrogen (secondary N) is 2. The first-order chi connectivity index (χ1) is 6.61. The number of hydrogen-bond acceptors (Lipinski definition) is 3. The highest BCUT2D eigenvalue weighted by Crippen LogP contribution is 2.21. The Morgan fingerprint density at radius 2 is 2.29 bits per heavy atom. The molecule has 0 saturated heterocycles. The summed E-state index contributed by atoms with van der Waals surface area (Å²) < 4.78 is 0. The largest absolute Gasteiger partial charge is 0.385 e. The van der Waals surface area contributed by atoms with Crippen LogP contribution in [0.4, 0.5) is 0 Å². The van der Waals surface area contributed by atoms with E-state index in [0.717, 1.165) is 11.8 Å². The van der Waals surface area contributed by atoms with E-state index < -0.39 is 6.10 Å². The number of aromatic amines is 1. The van der Waals surface area contributed by atoms with Crippen LogP contribution in [0.3, 0.4) is 0 Å². The van der Waals surface area contributed by atoms with Gasteiger partial charge in [-0.15, -0.1) is 0 Å². The van der Waals surface area contributed by atoms with E-state index in [4.69, 9.17) is 0 Å². The monoisotopic (exact) mass is 196 g/mol. The van der Waals surface area contributed by atoms with Gasteiger partial charge in [0.1, 0.15) is 6.10 Å². The van der Waals surface area contributed by atoms with Crippen LogP contribution in [-0.2, 0) is 0 Å². The van der Waals surface area contributed by atoms with Gasteiger partial charge in [-0.2, -0.15) is 0 Å². The Kier molecular flexibility index (Phi) is 3.43. The normalized spacial score (nSPS) is 15.1. The van der Waals surface area contributed by atoms with Crippen molar-refractivity contribution >= 4 is 6.29 Å². The average molecular weight is 196 g/mol. The minimum atomic E-state index is -0.617. The fraction of sp³-hybridized carbons (Fsp3) is 0.500. The Bertz CT molecular complexity index is 320. The first-order valence-corrected chi connectivity index (χ1v) is 4.60. The predicted molar refractivity (Wildman–Crippen MR) is 54.4 cm³/mol. The molecule has 0 fully saturated rings. The second kappa shape index (κ2) is 4.39. The maximum absolute atomic E-state index is 10.6. The lowest BCUT2D eigenvalue weighted by atomic mass is 10.1. The lowest BCUT2D eigenvalue weighted by molar-refractivity contribution is 0.112. The molecule has 0 radical (unpaired) electrons. The third-order valence-corrected chi connectivity index (χ3v) is 2.57. The van der Waals surface area contributed by atoms with Crippen LogP contribution in [-0.4, -0.2) is 29.5 Å². The molecule has 0 aliphatic heterocycles. The molecule has 0 amide bonds. The highest BCUT2D eigenvalue weighted by atomic mass is 16.3. The summed E-state index contributed by atoms with van der Waals surface area (Å²) in [7, 11) is 1.78. The maximum atomic E-state index is 10.6. The van der Waals surface area contributed by atoms with Crippen molar-refractivity contribution in [3.05, 3.63) is 23.0 Å². The smallest absolute Gasteiger partial charge is 0.151 e. The molecule has 0 saturated carbocycles. The summed E-state index contributed by atoms with van der Waals surface area (Å²) in [6.07, 6.45) is 1.78. The molecule has 0 bridgehead atoms. The number of aldehydes is 1. The Morgan fingerprint density at radius 3 is 2.71 bits per heavy atom. The molecular formula is C10H16N2O2. The highest BCUT2D eigenvalue weighted by molar-refractivity contribution is 5.77. The number of aliphatic hydroxyl groups is 1. The van der Waals surface area contributed by atoms with Crippen LogP contribution < -0.4 is 5.32 Å². The third-order valence-electron chi connectivity index (χ3n) is 2.57. The molecule has 4 nitrogen and oxygen atoms in total. The molecule has 1 heterocycles. The van der Waals surface area contributed by atoms with E-state index in [-0.39, 0.29) is 6.04 Å². The van der Waals surface area contributed by atoms with Gasteiger partial charge >= 0.3 is 0 Å². The van der Waals surface area contributed by atoms with Crippen molar-refractivity contribution in [3.8, 4) is 0 Å². The zero-order valence-electron chi connectivity index (χ0n) is 8.66. The SMILES string of the molecule is CNC(C)C(O)c1[nH]cc(C=O)c1C. The number of aromatic nitrogens is 1. The van der Waals surface area contributed by atoms with Gasteiger partial charge in [-0.25, -0.2) is 0 Å². The molecule has 1 rings (SSSR count). The molecule has 1 aromatic rings. The van der Waals surface area contributed by atoms with E-state index in [2.05, 4.69) is 10.3 Å². The van der Waals surface area contributed by atoms with E-state index in [0.29, 0.717) is 11.3 Å². The van der Waals surface area contributed by atoms with Crippen molar-refractivity contribution in [2.45, 2.75) is 26.0 Å². The second-order valence-corrected chi connectivity index (χ2v) is 3.42. The average Bonchev–Trinajstić information content (AvgIpc) is 2.57. The summed E-state index contributed by atoms with van der Waals surface area (Å²) in [5, 5.41) is 12.8. The minimum Gasteiger partial charge on any atom is -0.385 e. The van der Waals surface area contributed by atoms with E-state index in [1.165, 1.54) is 0 Å². The summed E-state index contributed by atoms with van der Waals surface area (Å²) >= 11 is 0. The van der Waals surface area contributed by atoms with Crippen LogP contribution in [0.2, 0.25) is 0 Å². The van der Waals surface area contributed by atoms with Crippen LogP contribution in [0.1, 0.15) is 34.6 Å². The third kappa shape index (κ3) is 1.86. The summed E-state index contributed by atoms with van der Waals surface area (Å²) in [6.45, 7) is 3.70. The topological polar surface area (TPSA) is 65.1 Å². The number of likely N-dealkylation sites (N-methyl/N-ethyl adjacent to an activating group) is 1. The van der Waals surface area contributed by atoms with Crippen molar-refractivity contribution in [2.75, 3.05) is 7.05 Å². The standard InChI is InChI=1S/C10H16N2O2/c1-6-8(5-13)4-12-9(6)10(14)7(2)11-3/h4-5,7,10-12,14H,1-3H3. The summed E-state index contributed by atoms with van der Waals surface area (Å²) in [5.74, 6) is 0. The van der Waals surface area contributed by atoms with Gasteiger partial charge in [0, 0.05) is 23.5 Å². The highest BCUT2D eigenvalue weighted by Gasteiger charge is 2.19. The number of carbonyl (C=O) groups excluding carboxylic acids is 1. The Hall–Kier alpha value is -1.13. The van der Waals surface area contributed by atoms with Crippen molar-refractivity contribution in [3.63, 3.8) is 0 Å². The fourth-order valence-corrected chi connectivity index (χ4v) is 1.36. The molecule has 2 atom stereocenters. The van der Waals surface area contributed by atoms with E-state index in [1.807, 2.05) is 13.8 Å². The Balaban J connectivity index is 2.95. The molecule has 0 spiro atoms. The van der Waals surface area contributed by atoms with Gasteiger partial charge in [-0.05, 0) is 26.5 Å². The van der Waals surface area contributed by atoms with Crippen LogP contribution >= 0.6 is 0 Å². The van der Waals surface area contributed by atoms with Gasteiger partial charge in [0.2, 0.25) is 0 Å². The van der Waals surface area contributed by atoms with E-state index >= 15 is 0 Å². The molecule has 2 unspecified atom stereocenters. The summed E-state index contributed by atoms with van der Waals surface area (Å²) in [6, 6.07) is -0.0492. The van der Waals surface area contributed by atoms with Crippen LogP contribution in [0, 0.1) is 6.92 Å². The predicted octanol–water partition coefficient (Wildman–Crippen LogP) is 0.777. The molecular weight excluding hydrogens is 180 g/mol. The zero-order chi connectivity index (χ0) is 10.7. The van der Waals surface area contributed by atoms with Gasteiger partial charge < -0.3 is 15.4 Å². The van der Waals surface area contributed by atoms with Crippen molar-refractivity contribution < 1.29 is 9.90 Å². The van der Waals surface area contributed by atoms with Crippen LogP contribution in [0.25, 0.3) is 0 Å². The quantitative estimate of drug-likeness (QED) is 0.623. The van der Waals surface area contributed by atoms with Gasteiger partial charge in [0.25, 0.3) is 0 Å². The first kappa shape index (κ1) is 10.9. The van der Waals surface area contributed by atoms with Crippen molar-refractivity contribution in [2.24, 2.45) is 0 Å². The molecule has 78 valence electrons. The lowest BCUT2D eigenvalue weighted by Crippen LogP contribution is -2.29. The maximum Gasteiger partial charge on any atom is 0.151 e. The zero-order valence-corrected chi connectivity index (χ0v) is 8.66. The van der Waals surface area contributed by atoms with Gasteiger partial charge in [0.05, 0.1) is 0 Å². The molecule has 0 aliphatic carbocycles. The van der Waals surface area contributed by atoms with Gasteiger partial charge in [0.15, 0.2) is 6.29 Å². The van der Waals surface area contributed by atoms with Crippen molar-refractivity contribution in [1.29, 1.82) is 0 Å². The van der Waals surface area contributed by atoms with Crippen LogP contribution in [0.15, 0.2) is 6.20 Å². The molecule has 0 aliphatic rings. The first-order valence-electron chi connectivity index (χ1n) is 4.60. The lowest BCUT2D eigenvalue weighted by Gasteiger charge is -2.17. The second-order valence-electron chi connectivity index (χ2n) is 3.42. The van der Waals surface area contributed by atoms with Gasteiger partial charge in [-0.1, -0.05) is 0 Å². The molecule has 1 aromatic heterocycles. The Labute approximate surface area is 83.3 Å². The fourth-order valence-electron chi connectivity index (χ4n) is 1.36. The molecule has 3 N–H and O–H groups in total. The molecule has 4 heteroatoms. The molecule has 14 heavy (non-hydrogen) atoms. The van der Waals surface area contributed by atoms with Crippen molar-refractivity contribution in [1.82, 2.24) is 10.3 Å².